The van der Waals surface area contributed by atoms with Crippen LogP contribution in [0.3, 0.4) is 0 Å². The first-order valence-electron chi connectivity index (χ1n) is 10.7. The van der Waals surface area contributed by atoms with E-state index in [2.05, 4.69) is 9.97 Å². The van der Waals surface area contributed by atoms with Crippen LogP contribution in [0.4, 0.5) is 27.8 Å². The average molecular weight is 489 g/mol. The summed E-state index contributed by atoms with van der Waals surface area (Å²) in [7, 11) is 0. The standard InChI is InChI=1S/C23H16F5N5O2/c24-11-4-19-20(12-2-1-10(23(26,27)28)3-18(12)35-19)32(8-11)22(34)13-5-16-15(6-14(13)25)31-21(29)17-7-30-9-33(16)17/h1-3,5-7,9,11,19-20H,4,8H2,(H2,29,31)/t11-,19?,20+/m1/s1. The van der Waals surface area contributed by atoms with E-state index in [1.165, 1.54) is 24.7 Å². The largest absolute Gasteiger partial charge is 0.487 e. The molecular weight excluding hydrogens is 473 g/mol. The molecule has 4 aromatic rings. The minimum absolute atomic E-state index is 0.0690. The molecule has 1 amide bonds. The Morgan fingerprint density at radius 1 is 1.17 bits per heavy atom. The lowest BCUT2D eigenvalue weighted by molar-refractivity contribution is -0.137. The van der Waals surface area contributed by atoms with Crippen molar-refractivity contribution in [2.75, 3.05) is 12.3 Å². The highest BCUT2D eigenvalue weighted by molar-refractivity contribution is 5.99. The summed E-state index contributed by atoms with van der Waals surface area (Å²) in [6.45, 7) is -0.359. The predicted molar refractivity (Wildman–Crippen MR) is 114 cm³/mol. The number of halogens is 5. The molecule has 2 aromatic heterocycles. The van der Waals surface area contributed by atoms with E-state index < -0.39 is 41.8 Å². The van der Waals surface area contributed by atoms with Crippen LogP contribution in [0.25, 0.3) is 16.6 Å². The van der Waals surface area contributed by atoms with Gasteiger partial charge in [0.2, 0.25) is 0 Å². The molecular formula is C23H16F5N5O2. The first-order chi connectivity index (χ1) is 16.6. The Morgan fingerprint density at radius 3 is 2.74 bits per heavy atom. The third kappa shape index (κ3) is 3.27. The molecule has 0 spiro atoms. The van der Waals surface area contributed by atoms with Crippen LogP contribution in [-0.4, -0.2) is 44.0 Å². The molecule has 0 saturated carbocycles. The van der Waals surface area contributed by atoms with Crippen LogP contribution in [-0.2, 0) is 6.18 Å². The second-order valence-electron chi connectivity index (χ2n) is 8.61. The van der Waals surface area contributed by atoms with Crippen molar-refractivity contribution < 1.29 is 31.5 Å². The van der Waals surface area contributed by atoms with Crippen molar-refractivity contribution in [2.45, 2.75) is 30.9 Å². The number of alkyl halides is 4. The highest BCUT2D eigenvalue weighted by Gasteiger charge is 2.47. The molecule has 2 aliphatic heterocycles. The van der Waals surface area contributed by atoms with Crippen LogP contribution in [0.1, 0.15) is 33.9 Å². The molecule has 2 aliphatic rings. The molecule has 0 aliphatic carbocycles. The van der Waals surface area contributed by atoms with Crippen molar-refractivity contribution in [3.63, 3.8) is 0 Å². The van der Waals surface area contributed by atoms with Gasteiger partial charge in [-0.05, 0) is 18.2 Å². The maximum Gasteiger partial charge on any atom is 0.416 e. The Morgan fingerprint density at radius 2 is 1.97 bits per heavy atom. The van der Waals surface area contributed by atoms with Crippen molar-refractivity contribution in [3.05, 3.63) is 65.4 Å². The fraction of sp³-hybridized carbons (Fsp3) is 0.261. The van der Waals surface area contributed by atoms with Crippen molar-refractivity contribution >= 4 is 28.3 Å². The van der Waals surface area contributed by atoms with E-state index in [9.17, 15) is 22.4 Å². The molecule has 3 atom stereocenters. The van der Waals surface area contributed by atoms with Gasteiger partial charge < -0.3 is 15.4 Å². The normalized spacial score (nSPS) is 21.7. The predicted octanol–water partition coefficient (Wildman–Crippen LogP) is 4.31. The van der Waals surface area contributed by atoms with Crippen molar-refractivity contribution in [1.82, 2.24) is 19.3 Å². The lowest BCUT2D eigenvalue weighted by Gasteiger charge is -2.38. The fourth-order valence-electron chi connectivity index (χ4n) is 4.91. The number of nitrogens with zero attached hydrogens (tertiary/aromatic N) is 4. The smallest absolute Gasteiger partial charge is 0.416 e. The number of fused-ring (bicyclic) bond motifs is 6. The number of ether oxygens (including phenoxy) is 1. The molecule has 4 heterocycles. The zero-order chi connectivity index (χ0) is 24.6. The van der Waals surface area contributed by atoms with Gasteiger partial charge in [-0.2, -0.15) is 13.2 Å². The number of imidazole rings is 1. The number of hydrogen-bond donors (Lipinski definition) is 1. The van der Waals surface area contributed by atoms with Gasteiger partial charge in [0, 0.05) is 18.1 Å². The minimum Gasteiger partial charge on any atom is -0.487 e. The van der Waals surface area contributed by atoms with Gasteiger partial charge in [0.15, 0.2) is 0 Å². The molecule has 1 saturated heterocycles. The molecule has 0 bridgehead atoms. The monoisotopic (exact) mass is 489 g/mol. The van der Waals surface area contributed by atoms with Crippen LogP contribution < -0.4 is 10.5 Å². The summed E-state index contributed by atoms with van der Waals surface area (Å²) in [6, 6.07) is 4.43. The van der Waals surface area contributed by atoms with Crippen LogP contribution in [0.15, 0.2) is 42.9 Å². The van der Waals surface area contributed by atoms with E-state index in [1.54, 1.807) is 4.40 Å². The topological polar surface area (TPSA) is 85.8 Å². The molecule has 2 N–H and O–H groups in total. The molecule has 180 valence electrons. The molecule has 12 heteroatoms. The first-order valence-corrected chi connectivity index (χ1v) is 10.7. The number of likely N-dealkylation sites (tertiary alicyclic amines) is 1. The van der Waals surface area contributed by atoms with Crippen molar-refractivity contribution in [1.29, 1.82) is 0 Å². The maximum atomic E-state index is 15.1. The van der Waals surface area contributed by atoms with E-state index in [-0.39, 0.29) is 35.6 Å². The van der Waals surface area contributed by atoms with Crippen LogP contribution >= 0.6 is 0 Å². The van der Waals surface area contributed by atoms with Gasteiger partial charge in [0.1, 0.15) is 35.2 Å². The zero-order valence-corrected chi connectivity index (χ0v) is 17.8. The maximum absolute atomic E-state index is 15.1. The molecule has 2 aromatic carbocycles. The number of hydrogen-bond acceptors (Lipinski definition) is 5. The number of rotatable bonds is 1. The van der Waals surface area contributed by atoms with Gasteiger partial charge in [-0.25, -0.2) is 18.7 Å². The number of nitrogen functional groups attached to an aromatic ring is 1. The van der Waals surface area contributed by atoms with Crippen LogP contribution in [0.5, 0.6) is 5.75 Å². The van der Waals surface area contributed by atoms with Gasteiger partial charge in [-0.1, -0.05) is 6.07 Å². The molecule has 1 fully saturated rings. The number of carbonyl (C=O) groups excluding carboxylic acids is 1. The van der Waals surface area contributed by atoms with Gasteiger partial charge in [-0.3, -0.25) is 9.20 Å². The summed E-state index contributed by atoms with van der Waals surface area (Å²) >= 11 is 0. The number of carbonyl (C=O) groups is 1. The number of aromatic nitrogens is 3. The van der Waals surface area contributed by atoms with E-state index in [0.717, 1.165) is 23.1 Å². The van der Waals surface area contributed by atoms with E-state index in [1.807, 2.05) is 0 Å². The quantitative estimate of drug-likeness (QED) is 0.403. The Kier molecular flexibility index (Phi) is 4.48. The van der Waals surface area contributed by atoms with Gasteiger partial charge in [0.25, 0.3) is 5.91 Å². The molecule has 0 radical (unpaired) electrons. The number of piperidine rings is 1. The summed E-state index contributed by atoms with van der Waals surface area (Å²) in [5.41, 5.74) is 5.96. The zero-order valence-electron chi connectivity index (χ0n) is 17.8. The lowest BCUT2D eigenvalue weighted by Crippen LogP contribution is -2.49. The average Bonchev–Trinajstić information content (AvgIpc) is 3.42. The molecule has 6 rings (SSSR count). The first kappa shape index (κ1) is 21.6. The summed E-state index contributed by atoms with van der Waals surface area (Å²) in [4.78, 5) is 22.8. The Balaban J connectivity index is 1.44. The van der Waals surface area contributed by atoms with Gasteiger partial charge in [-0.15, -0.1) is 0 Å². The number of anilines is 1. The Bertz CT molecular complexity index is 1520. The SMILES string of the molecule is Nc1nc2cc(F)c(C(=O)N3C[C@H](F)CC4Oc5cc(C(F)(F)F)ccc5[C@@H]43)cc2n2cncc12. The highest BCUT2D eigenvalue weighted by Crippen LogP contribution is 2.47. The fourth-order valence-corrected chi connectivity index (χ4v) is 4.91. The van der Waals surface area contributed by atoms with Crippen molar-refractivity contribution in [2.24, 2.45) is 0 Å². The molecule has 7 nitrogen and oxygen atoms in total. The minimum atomic E-state index is -4.59. The van der Waals surface area contributed by atoms with Gasteiger partial charge >= 0.3 is 6.18 Å². The van der Waals surface area contributed by atoms with E-state index >= 15 is 4.39 Å². The Hall–Kier alpha value is -3.96. The number of amides is 1. The third-order valence-corrected chi connectivity index (χ3v) is 6.47. The second-order valence-corrected chi connectivity index (χ2v) is 8.61. The Labute approximate surface area is 193 Å². The highest BCUT2D eigenvalue weighted by atomic mass is 19.4. The number of benzene rings is 2. The van der Waals surface area contributed by atoms with Gasteiger partial charge in [0.05, 0.1) is 47.3 Å². The van der Waals surface area contributed by atoms with Crippen LogP contribution in [0, 0.1) is 5.82 Å². The summed E-state index contributed by atoms with van der Waals surface area (Å²) in [6.07, 6.45) is -4.18. The number of nitrogens with two attached hydrogens (primary N) is 1. The molecule has 35 heavy (non-hydrogen) atoms. The molecule has 1 unspecified atom stereocenters. The lowest BCUT2D eigenvalue weighted by atomic mass is 9.92. The second kappa shape index (κ2) is 7.27. The van der Waals surface area contributed by atoms with Crippen LogP contribution in [0.2, 0.25) is 0 Å². The van der Waals surface area contributed by atoms with E-state index in [4.69, 9.17) is 10.5 Å². The van der Waals surface area contributed by atoms with E-state index in [0.29, 0.717) is 16.6 Å². The third-order valence-electron chi connectivity index (χ3n) is 6.47. The summed E-state index contributed by atoms with van der Waals surface area (Å²) in [5.74, 6) is -1.65. The summed E-state index contributed by atoms with van der Waals surface area (Å²) in [5, 5.41) is 0. The van der Waals surface area contributed by atoms with Crippen molar-refractivity contribution in [3.8, 4) is 5.75 Å². The summed E-state index contributed by atoms with van der Waals surface area (Å²) < 4.78 is 76.4.